The summed E-state index contributed by atoms with van der Waals surface area (Å²) in [6.45, 7) is 2.94. The molecule has 2 heterocycles. The predicted molar refractivity (Wildman–Crippen MR) is 101 cm³/mol. The van der Waals surface area contributed by atoms with Gasteiger partial charge in [-0.05, 0) is 57.4 Å². The van der Waals surface area contributed by atoms with Crippen LogP contribution in [0.3, 0.4) is 0 Å². The first-order valence-electron chi connectivity index (χ1n) is 9.77. The molecule has 3 aliphatic rings. The lowest BCUT2D eigenvalue weighted by Gasteiger charge is -2.45. The van der Waals surface area contributed by atoms with E-state index in [-0.39, 0.29) is 17.9 Å². The third kappa shape index (κ3) is 3.11. The van der Waals surface area contributed by atoms with Crippen molar-refractivity contribution >= 4 is 17.6 Å². The van der Waals surface area contributed by atoms with E-state index in [0.29, 0.717) is 11.7 Å². The van der Waals surface area contributed by atoms with Crippen LogP contribution in [0.5, 0.6) is 0 Å². The highest BCUT2D eigenvalue weighted by molar-refractivity contribution is 6.16. The van der Waals surface area contributed by atoms with Gasteiger partial charge >= 0.3 is 6.03 Å². The second kappa shape index (κ2) is 6.99. The Morgan fingerprint density at radius 2 is 2.12 bits per heavy atom. The molecule has 2 aliphatic heterocycles. The maximum absolute atomic E-state index is 13.8. The second-order valence-corrected chi connectivity index (χ2v) is 7.88. The van der Waals surface area contributed by atoms with Crippen LogP contribution in [-0.4, -0.2) is 36.0 Å². The normalized spacial score (nSPS) is 29.9. The van der Waals surface area contributed by atoms with Gasteiger partial charge in [0.15, 0.2) is 0 Å². The van der Waals surface area contributed by atoms with Crippen molar-refractivity contribution in [3.63, 3.8) is 0 Å². The molecule has 1 aromatic carbocycles. The summed E-state index contributed by atoms with van der Waals surface area (Å²) in [7, 11) is 0. The Hall–Kier alpha value is -1.95. The van der Waals surface area contributed by atoms with E-state index in [9.17, 15) is 9.18 Å². The summed E-state index contributed by atoms with van der Waals surface area (Å²) in [4.78, 5) is 19.0. The molecule has 5 nitrogen and oxygen atoms in total. The fourth-order valence-electron chi connectivity index (χ4n) is 4.74. The number of hydrogen-bond acceptors (Lipinski definition) is 3. The number of anilines is 1. The molecule has 1 saturated heterocycles. The van der Waals surface area contributed by atoms with Crippen molar-refractivity contribution in [3.05, 3.63) is 30.1 Å². The van der Waals surface area contributed by atoms with Gasteiger partial charge in [-0.15, -0.1) is 0 Å². The van der Waals surface area contributed by atoms with Gasteiger partial charge in [0.25, 0.3) is 0 Å². The molecular weight excluding hydrogens is 331 g/mol. The van der Waals surface area contributed by atoms with Crippen molar-refractivity contribution in [1.29, 1.82) is 0 Å². The number of nitrogens with zero attached hydrogens (tertiary/aromatic N) is 2. The van der Waals surface area contributed by atoms with E-state index in [0.717, 1.165) is 38.1 Å². The number of benzene rings is 1. The monoisotopic (exact) mass is 358 g/mol. The molecule has 140 valence electrons. The molecule has 1 aromatic rings. The van der Waals surface area contributed by atoms with Crippen molar-refractivity contribution in [3.8, 4) is 0 Å². The van der Waals surface area contributed by atoms with Crippen LogP contribution in [0.25, 0.3) is 0 Å². The van der Waals surface area contributed by atoms with Crippen molar-refractivity contribution in [2.24, 2.45) is 4.99 Å². The van der Waals surface area contributed by atoms with E-state index in [1.807, 2.05) is 0 Å². The number of piperidine rings is 1. The fraction of sp³-hybridized carbons (Fsp3) is 0.600. The number of rotatable bonds is 2. The standard InChI is InChI=1S/C20H27FN4O/c1-14-13-20(10-11-22-14)18(23-16-7-3-2-4-8-16)24-19(26)25(20)17-9-5-6-15(21)12-17/h5-6,9,12,14,16,22H,2-4,7-8,10-11,13H2,1H3,(H,23,24,26)/t14-,20+/m0/s1. The van der Waals surface area contributed by atoms with Crippen LogP contribution in [0.15, 0.2) is 29.3 Å². The average Bonchev–Trinajstić information content (AvgIpc) is 2.86. The Labute approximate surface area is 154 Å². The lowest BCUT2D eigenvalue weighted by molar-refractivity contribution is 0.247. The largest absolute Gasteiger partial charge is 0.369 e. The summed E-state index contributed by atoms with van der Waals surface area (Å²) in [5, 5.41) is 7.07. The van der Waals surface area contributed by atoms with Crippen molar-refractivity contribution in [2.75, 3.05) is 11.4 Å². The van der Waals surface area contributed by atoms with Gasteiger partial charge in [0.05, 0.1) is 0 Å². The van der Waals surface area contributed by atoms with Gasteiger partial charge in [0.1, 0.15) is 17.2 Å². The second-order valence-electron chi connectivity index (χ2n) is 7.88. The molecule has 6 heteroatoms. The van der Waals surface area contributed by atoms with E-state index in [2.05, 4.69) is 22.5 Å². The van der Waals surface area contributed by atoms with E-state index in [1.165, 1.54) is 31.4 Å². The molecule has 1 saturated carbocycles. The lowest BCUT2D eigenvalue weighted by Crippen LogP contribution is -2.63. The van der Waals surface area contributed by atoms with Crippen LogP contribution in [0.1, 0.15) is 51.9 Å². The molecule has 0 aromatic heterocycles. The minimum atomic E-state index is -0.507. The van der Waals surface area contributed by atoms with Crippen LogP contribution < -0.4 is 15.5 Å². The average molecular weight is 358 g/mol. The van der Waals surface area contributed by atoms with Gasteiger partial charge in [0, 0.05) is 17.8 Å². The third-order valence-corrected chi connectivity index (χ3v) is 5.96. The summed E-state index contributed by atoms with van der Waals surface area (Å²) in [6, 6.07) is 6.66. The minimum absolute atomic E-state index is 0.268. The first kappa shape index (κ1) is 17.5. The summed E-state index contributed by atoms with van der Waals surface area (Å²) in [6.07, 6.45) is 7.51. The summed E-state index contributed by atoms with van der Waals surface area (Å²) in [5.74, 6) is 0.452. The first-order chi connectivity index (χ1) is 12.6. The fourth-order valence-corrected chi connectivity index (χ4v) is 4.74. The molecular formula is C20H27FN4O. The molecule has 2 fully saturated rings. The maximum atomic E-state index is 13.8. The summed E-state index contributed by atoms with van der Waals surface area (Å²) < 4.78 is 13.8. The van der Waals surface area contributed by atoms with Crippen LogP contribution in [-0.2, 0) is 0 Å². The van der Waals surface area contributed by atoms with Crippen molar-refractivity contribution in [2.45, 2.75) is 69.5 Å². The van der Waals surface area contributed by atoms with Gasteiger partial charge in [0.2, 0.25) is 0 Å². The number of nitrogens with one attached hydrogen (secondary N) is 2. The number of carbonyl (C=O) groups excluding carboxylic acids is 1. The Morgan fingerprint density at radius 1 is 1.31 bits per heavy atom. The smallest absolute Gasteiger partial charge is 0.350 e. The Bertz CT molecular complexity index is 716. The highest BCUT2D eigenvalue weighted by atomic mass is 19.1. The van der Waals surface area contributed by atoms with Crippen LogP contribution in [0.4, 0.5) is 14.9 Å². The summed E-state index contributed by atoms with van der Waals surface area (Å²) in [5.41, 5.74) is 0.0841. The first-order valence-corrected chi connectivity index (χ1v) is 9.77. The minimum Gasteiger partial charge on any atom is -0.369 e. The van der Waals surface area contributed by atoms with Gasteiger partial charge in [-0.25, -0.2) is 9.18 Å². The highest BCUT2D eigenvalue weighted by Gasteiger charge is 2.52. The number of urea groups is 1. The number of hydrogen-bond donors (Lipinski definition) is 2. The highest BCUT2D eigenvalue weighted by Crippen LogP contribution is 2.39. The van der Waals surface area contributed by atoms with Crippen LogP contribution >= 0.6 is 0 Å². The molecule has 4 rings (SSSR count). The molecule has 2 N–H and O–H groups in total. The maximum Gasteiger partial charge on any atom is 0.350 e. The van der Waals surface area contributed by atoms with E-state index in [4.69, 9.17) is 0 Å². The topological polar surface area (TPSA) is 56.7 Å². The Morgan fingerprint density at radius 3 is 2.85 bits per heavy atom. The van der Waals surface area contributed by atoms with Crippen LogP contribution in [0.2, 0.25) is 0 Å². The molecule has 26 heavy (non-hydrogen) atoms. The molecule has 1 aliphatic carbocycles. The Kier molecular flexibility index (Phi) is 4.69. The quantitative estimate of drug-likeness (QED) is 0.849. The van der Waals surface area contributed by atoms with Crippen molar-refractivity contribution in [1.82, 2.24) is 10.6 Å². The number of halogens is 1. The lowest BCUT2D eigenvalue weighted by atomic mass is 9.81. The molecule has 0 radical (unpaired) electrons. The van der Waals surface area contributed by atoms with E-state index in [1.54, 1.807) is 17.0 Å². The van der Waals surface area contributed by atoms with E-state index < -0.39 is 5.54 Å². The molecule has 2 atom stereocenters. The number of aliphatic imine (C=N–C) groups is 1. The predicted octanol–water partition coefficient (Wildman–Crippen LogP) is 3.60. The Balaban J connectivity index is 1.69. The zero-order valence-electron chi connectivity index (χ0n) is 15.3. The summed E-state index contributed by atoms with van der Waals surface area (Å²) >= 11 is 0. The number of amides is 2. The van der Waals surface area contributed by atoms with E-state index >= 15 is 0 Å². The SMILES string of the molecule is C[C@H]1C[C@]2(CCN1)C(NC1CCCCC1)=NC(=O)N2c1cccc(F)c1. The molecule has 1 spiro atoms. The molecule has 0 bridgehead atoms. The molecule has 0 unspecified atom stereocenters. The van der Waals surface area contributed by atoms with Crippen molar-refractivity contribution < 1.29 is 9.18 Å². The zero-order chi connectivity index (χ0) is 18.1. The third-order valence-electron chi connectivity index (χ3n) is 5.96. The number of carbonyl (C=O) groups is 1. The van der Waals surface area contributed by atoms with Gasteiger partial charge in [-0.1, -0.05) is 25.3 Å². The number of amidine groups is 1. The molecule has 2 amide bonds. The van der Waals surface area contributed by atoms with Crippen LogP contribution in [0, 0.1) is 5.82 Å². The van der Waals surface area contributed by atoms with Gasteiger partial charge in [-0.2, -0.15) is 4.99 Å². The van der Waals surface area contributed by atoms with Gasteiger partial charge in [-0.3, -0.25) is 4.90 Å². The zero-order valence-corrected chi connectivity index (χ0v) is 15.3. The van der Waals surface area contributed by atoms with Gasteiger partial charge < -0.3 is 10.6 Å².